The number of aliphatic hydroxyl groups excluding tert-OH is 1. The van der Waals surface area contributed by atoms with E-state index in [4.69, 9.17) is 0 Å². The first-order valence-corrected chi connectivity index (χ1v) is 8.42. The Balaban J connectivity index is 1.62. The molecule has 0 amide bonds. The average molecular weight is 274 g/mol. The van der Waals surface area contributed by atoms with Gasteiger partial charge in [-0.2, -0.15) is 0 Å². The van der Waals surface area contributed by atoms with E-state index in [9.17, 15) is 5.11 Å². The number of fused-ring (bicyclic) bond motifs is 4. The molecule has 110 valence electrons. The molecule has 2 aliphatic heterocycles. The van der Waals surface area contributed by atoms with Crippen molar-refractivity contribution in [1.82, 2.24) is 4.90 Å². The Labute approximate surface area is 121 Å². The monoisotopic (exact) mass is 274 g/mol. The highest BCUT2D eigenvalue weighted by atomic mass is 16.3. The fraction of sp³-hybridized carbons (Fsp3) is 0.824. The lowest BCUT2D eigenvalue weighted by atomic mass is 9.75. The molecular formula is C17H26N2O. The van der Waals surface area contributed by atoms with Crippen LogP contribution in [0, 0.1) is 11.3 Å². The molecule has 2 unspecified atom stereocenters. The summed E-state index contributed by atoms with van der Waals surface area (Å²) in [6, 6.07) is 0.469. The SMILES string of the molecule is CCC[C@]12CCC3=C(CCN4C3CCC=N[C@H]4O)C1C2. The van der Waals surface area contributed by atoms with E-state index in [1.54, 1.807) is 11.1 Å². The maximum absolute atomic E-state index is 10.2. The molecule has 4 aliphatic rings. The third-order valence-electron chi connectivity index (χ3n) is 6.21. The van der Waals surface area contributed by atoms with Gasteiger partial charge in [-0.25, -0.2) is 0 Å². The Kier molecular flexibility index (Phi) is 3.04. The minimum Gasteiger partial charge on any atom is -0.359 e. The zero-order valence-corrected chi connectivity index (χ0v) is 12.5. The number of rotatable bonds is 2. The van der Waals surface area contributed by atoms with E-state index in [2.05, 4.69) is 16.8 Å². The molecule has 4 rings (SSSR count). The Morgan fingerprint density at radius 1 is 1.40 bits per heavy atom. The topological polar surface area (TPSA) is 35.8 Å². The third-order valence-corrected chi connectivity index (χ3v) is 6.21. The van der Waals surface area contributed by atoms with E-state index in [1.807, 2.05) is 6.21 Å². The molecular weight excluding hydrogens is 248 g/mol. The molecule has 0 radical (unpaired) electrons. The van der Waals surface area contributed by atoms with Gasteiger partial charge in [0.25, 0.3) is 0 Å². The van der Waals surface area contributed by atoms with Crippen molar-refractivity contribution in [1.29, 1.82) is 0 Å². The van der Waals surface area contributed by atoms with Crippen molar-refractivity contribution in [2.75, 3.05) is 6.54 Å². The number of hydrogen-bond acceptors (Lipinski definition) is 3. The highest BCUT2D eigenvalue weighted by Gasteiger charge is 2.58. The minimum atomic E-state index is -0.599. The standard InChI is InChI=1S/C17H26N2O/c1-2-7-17-8-5-13-12(14(17)11-17)6-10-19-15(13)4-3-9-18-16(19)20/h9,14-16,20H,2-8,10-11H2,1H3/t14?,15?,16-,17-/m1/s1. The Morgan fingerprint density at radius 2 is 2.30 bits per heavy atom. The van der Waals surface area contributed by atoms with Crippen molar-refractivity contribution in [3.05, 3.63) is 11.1 Å². The largest absolute Gasteiger partial charge is 0.359 e. The molecule has 2 aliphatic carbocycles. The minimum absolute atomic E-state index is 0.469. The van der Waals surface area contributed by atoms with E-state index < -0.39 is 6.35 Å². The number of aliphatic imine (C=N–C) groups is 1. The quantitative estimate of drug-likeness (QED) is 0.785. The van der Waals surface area contributed by atoms with Crippen LogP contribution in [-0.4, -0.2) is 35.2 Å². The van der Waals surface area contributed by atoms with Crippen molar-refractivity contribution in [2.45, 2.75) is 70.7 Å². The molecule has 0 spiro atoms. The summed E-state index contributed by atoms with van der Waals surface area (Å²) in [6.07, 6.45) is 11.5. The summed E-state index contributed by atoms with van der Waals surface area (Å²) in [4.78, 5) is 6.49. The number of nitrogens with zero attached hydrogens (tertiary/aromatic N) is 2. The summed E-state index contributed by atoms with van der Waals surface area (Å²) in [5, 5.41) is 10.2. The second-order valence-electron chi connectivity index (χ2n) is 7.18. The van der Waals surface area contributed by atoms with Crippen molar-refractivity contribution in [2.24, 2.45) is 16.3 Å². The van der Waals surface area contributed by atoms with Gasteiger partial charge in [0.1, 0.15) is 0 Å². The molecule has 1 fully saturated rings. The van der Waals surface area contributed by atoms with Crippen LogP contribution < -0.4 is 0 Å². The van der Waals surface area contributed by atoms with Crippen LogP contribution >= 0.6 is 0 Å². The normalized spacial score (nSPS) is 43.6. The van der Waals surface area contributed by atoms with Crippen molar-refractivity contribution in [3.63, 3.8) is 0 Å². The van der Waals surface area contributed by atoms with Crippen molar-refractivity contribution in [3.8, 4) is 0 Å². The second-order valence-corrected chi connectivity index (χ2v) is 7.18. The van der Waals surface area contributed by atoms with Crippen LogP contribution in [0.1, 0.15) is 58.3 Å². The molecule has 1 saturated carbocycles. The van der Waals surface area contributed by atoms with Crippen molar-refractivity contribution >= 4 is 6.21 Å². The maximum Gasteiger partial charge on any atom is 0.204 e. The summed E-state index contributed by atoms with van der Waals surface area (Å²) in [7, 11) is 0. The van der Waals surface area contributed by atoms with Crippen LogP contribution in [0.5, 0.6) is 0 Å². The highest BCUT2D eigenvalue weighted by Crippen LogP contribution is 2.67. The van der Waals surface area contributed by atoms with Gasteiger partial charge in [-0.1, -0.05) is 24.5 Å². The summed E-state index contributed by atoms with van der Waals surface area (Å²) in [5.41, 5.74) is 4.17. The summed E-state index contributed by atoms with van der Waals surface area (Å²) >= 11 is 0. The zero-order chi connectivity index (χ0) is 13.7. The van der Waals surface area contributed by atoms with Gasteiger partial charge in [-0.3, -0.25) is 9.89 Å². The van der Waals surface area contributed by atoms with Gasteiger partial charge in [0.2, 0.25) is 6.35 Å². The molecule has 0 saturated heterocycles. The molecule has 3 heteroatoms. The molecule has 2 heterocycles. The lowest BCUT2D eigenvalue weighted by Gasteiger charge is -2.42. The lowest BCUT2D eigenvalue weighted by molar-refractivity contribution is -0.0141. The van der Waals surface area contributed by atoms with E-state index in [0.29, 0.717) is 11.5 Å². The first kappa shape index (κ1) is 13.0. The van der Waals surface area contributed by atoms with E-state index >= 15 is 0 Å². The van der Waals surface area contributed by atoms with Gasteiger partial charge in [-0.05, 0) is 56.3 Å². The zero-order valence-electron chi connectivity index (χ0n) is 12.5. The molecule has 0 aromatic heterocycles. The predicted octanol–water partition coefficient (Wildman–Crippen LogP) is 3.10. The van der Waals surface area contributed by atoms with E-state index in [-0.39, 0.29) is 0 Å². The lowest BCUT2D eigenvalue weighted by Crippen LogP contribution is -2.47. The van der Waals surface area contributed by atoms with Gasteiger partial charge in [0.05, 0.1) is 0 Å². The summed E-state index contributed by atoms with van der Waals surface area (Å²) < 4.78 is 0. The molecule has 0 bridgehead atoms. The van der Waals surface area contributed by atoms with Gasteiger partial charge in [-0.15, -0.1) is 0 Å². The molecule has 0 aromatic carbocycles. The fourth-order valence-corrected chi connectivity index (χ4v) is 5.21. The maximum atomic E-state index is 10.2. The molecule has 0 aromatic rings. The molecule has 4 atom stereocenters. The summed E-state index contributed by atoms with van der Waals surface area (Å²) in [6.45, 7) is 3.33. The van der Waals surface area contributed by atoms with Crippen LogP contribution in [0.25, 0.3) is 0 Å². The molecule has 3 nitrogen and oxygen atoms in total. The second kappa shape index (κ2) is 4.67. The summed E-state index contributed by atoms with van der Waals surface area (Å²) in [5.74, 6) is 0.898. The van der Waals surface area contributed by atoms with Crippen LogP contribution in [0.15, 0.2) is 16.1 Å². The van der Waals surface area contributed by atoms with E-state index in [0.717, 1.165) is 25.3 Å². The van der Waals surface area contributed by atoms with Gasteiger partial charge in [0.15, 0.2) is 0 Å². The van der Waals surface area contributed by atoms with Crippen LogP contribution in [0.4, 0.5) is 0 Å². The fourth-order valence-electron chi connectivity index (χ4n) is 5.21. The predicted molar refractivity (Wildman–Crippen MR) is 80.6 cm³/mol. The van der Waals surface area contributed by atoms with Gasteiger partial charge >= 0.3 is 0 Å². The van der Waals surface area contributed by atoms with Gasteiger partial charge in [0, 0.05) is 18.8 Å². The van der Waals surface area contributed by atoms with Crippen molar-refractivity contribution < 1.29 is 5.11 Å². The number of aliphatic hydroxyl groups is 1. The smallest absolute Gasteiger partial charge is 0.204 e. The van der Waals surface area contributed by atoms with E-state index in [1.165, 1.54) is 38.5 Å². The van der Waals surface area contributed by atoms with Gasteiger partial charge < -0.3 is 5.11 Å². The first-order chi connectivity index (χ1) is 9.75. The Bertz CT molecular complexity index is 470. The average Bonchev–Trinajstić information content (AvgIpc) is 3.19. The van der Waals surface area contributed by atoms with Crippen LogP contribution in [0.3, 0.4) is 0 Å². The van der Waals surface area contributed by atoms with Crippen LogP contribution in [-0.2, 0) is 0 Å². The Hall–Kier alpha value is -0.670. The number of hydrogen-bond donors (Lipinski definition) is 1. The Morgan fingerprint density at radius 3 is 3.15 bits per heavy atom. The highest BCUT2D eigenvalue weighted by molar-refractivity contribution is 5.58. The third kappa shape index (κ3) is 1.82. The first-order valence-electron chi connectivity index (χ1n) is 8.42. The van der Waals surface area contributed by atoms with Crippen LogP contribution in [0.2, 0.25) is 0 Å². The molecule has 20 heavy (non-hydrogen) atoms. The molecule has 1 N–H and O–H groups in total.